The van der Waals surface area contributed by atoms with Gasteiger partial charge in [-0.05, 0) is 49.7 Å². The van der Waals surface area contributed by atoms with E-state index in [1.54, 1.807) is 17.0 Å². The van der Waals surface area contributed by atoms with Crippen molar-refractivity contribution < 1.29 is 4.42 Å². The predicted molar refractivity (Wildman–Crippen MR) is 132 cm³/mol. The summed E-state index contributed by atoms with van der Waals surface area (Å²) in [5, 5.41) is 9.97. The van der Waals surface area contributed by atoms with Gasteiger partial charge in [0.1, 0.15) is 11.3 Å². The normalized spacial score (nSPS) is 11.3. The Hall–Kier alpha value is -4.45. The molecule has 0 spiro atoms. The first kappa shape index (κ1) is 20.5. The van der Waals surface area contributed by atoms with E-state index in [9.17, 15) is 4.79 Å². The zero-order valence-corrected chi connectivity index (χ0v) is 18.3. The molecule has 6 heteroatoms. The van der Waals surface area contributed by atoms with Crippen LogP contribution >= 0.6 is 0 Å². The number of rotatable bonds is 5. The summed E-state index contributed by atoms with van der Waals surface area (Å²) >= 11 is 0. The summed E-state index contributed by atoms with van der Waals surface area (Å²) < 4.78 is 7.29. The Morgan fingerprint density at radius 2 is 1.76 bits per heavy atom. The molecular formula is C27H22N4O2. The Kier molecular flexibility index (Phi) is 5.32. The lowest BCUT2D eigenvalue weighted by molar-refractivity contribution is 0.563. The van der Waals surface area contributed by atoms with Crippen molar-refractivity contribution in [1.82, 2.24) is 9.78 Å². The van der Waals surface area contributed by atoms with Crippen LogP contribution in [-0.4, -0.2) is 16.0 Å². The van der Waals surface area contributed by atoms with Crippen LogP contribution in [0, 0.1) is 13.8 Å². The molecule has 5 rings (SSSR count). The lowest BCUT2D eigenvalue weighted by Gasteiger charge is -2.05. The number of nitrogens with one attached hydrogen (secondary N) is 1. The quantitative estimate of drug-likeness (QED) is 0.219. The van der Waals surface area contributed by atoms with Gasteiger partial charge < -0.3 is 4.42 Å². The fraction of sp³-hybridized carbons (Fsp3) is 0.0741. The van der Waals surface area contributed by atoms with Crippen molar-refractivity contribution in [3.63, 3.8) is 0 Å². The maximum absolute atomic E-state index is 12.8. The van der Waals surface area contributed by atoms with Crippen LogP contribution in [0.15, 0.2) is 99.4 Å². The van der Waals surface area contributed by atoms with Crippen molar-refractivity contribution in [2.45, 2.75) is 13.8 Å². The van der Waals surface area contributed by atoms with Crippen LogP contribution in [0.3, 0.4) is 0 Å². The van der Waals surface area contributed by atoms with E-state index in [1.807, 2.05) is 79.9 Å². The highest BCUT2D eigenvalue weighted by Gasteiger charge is 2.16. The highest BCUT2D eigenvalue weighted by molar-refractivity contribution is 5.91. The topological polar surface area (TPSA) is 72.4 Å². The molecule has 0 saturated heterocycles. The molecule has 2 aromatic heterocycles. The molecule has 2 heterocycles. The number of nitrogens with zero attached hydrogens (tertiary/aromatic N) is 3. The Morgan fingerprint density at radius 1 is 0.970 bits per heavy atom. The maximum Gasteiger partial charge on any atom is 0.345 e. The van der Waals surface area contributed by atoms with E-state index in [0.29, 0.717) is 22.4 Å². The summed E-state index contributed by atoms with van der Waals surface area (Å²) in [6, 6.07) is 25.1. The number of hydrazone groups is 1. The van der Waals surface area contributed by atoms with Gasteiger partial charge in [-0.3, -0.25) is 5.43 Å². The number of fused-ring (bicyclic) bond motifs is 1. The number of para-hydroxylation sites is 2. The lowest BCUT2D eigenvalue weighted by Crippen LogP contribution is -2.05. The van der Waals surface area contributed by atoms with Crippen LogP contribution in [0.1, 0.15) is 16.7 Å². The molecule has 0 radical (unpaired) electrons. The van der Waals surface area contributed by atoms with Gasteiger partial charge in [-0.25, -0.2) is 9.48 Å². The molecule has 5 aromatic rings. The van der Waals surface area contributed by atoms with Crippen LogP contribution < -0.4 is 11.1 Å². The van der Waals surface area contributed by atoms with Gasteiger partial charge in [0.2, 0.25) is 0 Å². The fourth-order valence-electron chi connectivity index (χ4n) is 3.74. The number of benzene rings is 3. The van der Waals surface area contributed by atoms with Crippen molar-refractivity contribution in [1.29, 1.82) is 0 Å². The number of aryl methyl sites for hydroxylation is 2. The summed E-state index contributed by atoms with van der Waals surface area (Å²) in [4.78, 5) is 12.8. The molecule has 0 atom stereocenters. The third-order valence-electron chi connectivity index (χ3n) is 5.43. The molecule has 0 amide bonds. The first-order chi connectivity index (χ1) is 16.1. The van der Waals surface area contributed by atoms with Crippen LogP contribution in [0.25, 0.3) is 27.9 Å². The van der Waals surface area contributed by atoms with E-state index in [4.69, 9.17) is 9.52 Å². The average molecular weight is 434 g/mol. The fourth-order valence-corrected chi connectivity index (χ4v) is 3.74. The predicted octanol–water partition coefficient (Wildman–Crippen LogP) is 5.71. The van der Waals surface area contributed by atoms with Gasteiger partial charge in [0.15, 0.2) is 0 Å². The summed E-state index contributed by atoms with van der Waals surface area (Å²) in [7, 11) is 0. The van der Waals surface area contributed by atoms with Gasteiger partial charge in [-0.2, -0.15) is 10.2 Å². The molecule has 3 aromatic carbocycles. The third-order valence-corrected chi connectivity index (χ3v) is 5.43. The Bertz CT molecular complexity index is 1530. The molecule has 162 valence electrons. The minimum absolute atomic E-state index is 0.386. The zero-order valence-electron chi connectivity index (χ0n) is 18.3. The average Bonchev–Trinajstić information content (AvgIpc) is 3.24. The van der Waals surface area contributed by atoms with E-state index in [-0.39, 0.29) is 0 Å². The molecule has 0 saturated carbocycles. The SMILES string of the molecule is Cc1ccc(NN=Cc2cn(-c3ccccc3)nc2-c2cc3ccccc3oc2=O)c(C)c1. The number of hydrogen-bond donors (Lipinski definition) is 1. The first-order valence-corrected chi connectivity index (χ1v) is 10.6. The second-order valence-electron chi connectivity index (χ2n) is 7.89. The second kappa shape index (κ2) is 8.59. The molecule has 0 unspecified atom stereocenters. The molecule has 0 aliphatic carbocycles. The van der Waals surface area contributed by atoms with Crippen molar-refractivity contribution in [3.8, 4) is 16.9 Å². The summed E-state index contributed by atoms with van der Waals surface area (Å²) in [6.45, 7) is 4.09. The highest BCUT2D eigenvalue weighted by Crippen LogP contribution is 2.24. The van der Waals surface area contributed by atoms with Gasteiger partial charge in [-0.15, -0.1) is 0 Å². The molecular weight excluding hydrogens is 412 g/mol. The smallest absolute Gasteiger partial charge is 0.345 e. The molecule has 6 nitrogen and oxygen atoms in total. The van der Waals surface area contributed by atoms with E-state index < -0.39 is 5.63 Å². The van der Waals surface area contributed by atoms with E-state index in [2.05, 4.69) is 23.5 Å². The van der Waals surface area contributed by atoms with Crippen molar-refractivity contribution in [3.05, 3.63) is 112 Å². The summed E-state index contributed by atoms with van der Waals surface area (Å²) in [6.07, 6.45) is 3.53. The van der Waals surface area contributed by atoms with Crippen LogP contribution in [-0.2, 0) is 0 Å². The van der Waals surface area contributed by atoms with Gasteiger partial charge >= 0.3 is 5.63 Å². The van der Waals surface area contributed by atoms with Crippen LogP contribution in [0.2, 0.25) is 0 Å². The molecule has 0 fully saturated rings. The third kappa shape index (κ3) is 4.19. The molecule has 0 aliphatic heterocycles. The molecule has 0 aliphatic rings. The lowest BCUT2D eigenvalue weighted by atomic mass is 10.1. The Labute approximate surface area is 190 Å². The Morgan fingerprint density at radius 3 is 2.58 bits per heavy atom. The zero-order chi connectivity index (χ0) is 22.8. The van der Waals surface area contributed by atoms with Gasteiger partial charge in [0, 0.05) is 17.1 Å². The van der Waals surface area contributed by atoms with E-state index in [1.165, 1.54) is 5.56 Å². The number of hydrogen-bond acceptors (Lipinski definition) is 5. The van der Waals surface area contributed by atoms with Gasteiger partial charge in [0.05, 0.1) is 23.2 Å². The van der Waals surface area contributed by atoms with E-state index in [0.717, 1.165) is 22.3 Å². The maximum atomic E-state index is 12.8. The molecule has 1 N–H and O–H groups in total. The second-order valence-corrected chi connectivity index (χ2v) is 7.89. The first-order valence-electron chi connectivity index (χ1n) is 10.6. The monoisotopic (exact) mass is 434 g/mol. The largest absolute Gasteiger partial charge is 0.422 e. The minimum atomic E-state index is -0.441. The Balaban J connectivity index is 1.59. The van der Waals surface area contributed by atoms with Crippen LogP contribution in [0.5, 0.6) is 0 Å². The number of aromatic nitrogens is 2. The van der Waals surface area contributed by atoms with Gasteiger partial charge in [-0.1, -0.05) is 54.1 Å². The van der Waals surface area contributed by atoms with E-state index >= 15 is 0 Å². The van der Waals surface area contributed by atoms with Crippen molar-refractivity contribution in [2.75, 3.05) is 5.43 Å². The van der Waals surface area contributed by atoms with Gasteiger partial charge in [0.25, 0.3) is 0 Å². The summed E-state index contributed by atoms with van der Waals surface area (Å²) in [5.74, 6) is 0. The number of anilines is 1. The van der Waals surface area contributed by atoms with Crippen molar-refractivity contribution >= 4 is 22.9 Å². The minimum Gasteiger partial charge on any atom is -0.422 e. The summed E-state index contributed by atoms with van der Waals surface area (Å²) in [5.41, 5.74) is 8.86. The molecule has 33 heavy (non-hydrogen) atoms. The standard InChI is InChI=1S/C27H22N4O2/c1-18-12-13-24(19(2)14-18)29-28-16-21-17-31(22-9-4-3-5-10-22)30-26(21)23-15-20-8-6-7-11-25(20)33-27(23)32/h3-17,29H,1-2H3. The highest BCUT2D eigenvalue weighted by atomic mass is 16.4. The molecule has 0 bridgehead atoms. The van der Waals surface area contributed by atoms with Crippen molar-refractivity contribution in [2.24, 2.45) is 5.10 Å². The van der Waals surface area contributed by atoms with Crippen LogP contribution in [0.4, 0.5) is 5.69 Å².